The molecule has 464 valence electrons. The van der Waals surface area contributed by atoms with Crippen molar-refractivity contribution >= 4 is 17.9 Å². The van der Waals surface area contributed by atoms with Crippen molar-refractivity contribution in [2.75, 3.05) is 13.2 Å². The second-order valence-electron chi connectivity index (χ2n) is 22.7. The van der Waals surface area contributed by atoms with Crippen LogP contribution in [0.15, 0.2) is 109 Å². The first-order chi connectivity index (χ1) is 40.0. The predicted molar refractivity (Wildman–Crippen MR) is 353 cm³/mol. The van der Waals surface area contributed by atoms with Crippen LogP contribution >= 0.6 is 0 Å². The zero-order valence-corrected chi connectivity index (χ0v) is 53.3. The molecular formula is C75H128O6. The molecule has 0 aliphatic carbocycles. The third kappa shape index (κ3) is 66.8. The Morgan fingerprint density at radius 1 is 0.259 bits per heavy atom. The van der Waals surface area contributed by atoms with Gasteiger partial charge in [-0.25, -0.2) is 0 Å². The zero-order valence-electron chi connectivity index (χ0n) is 53.3. The zero-order chi connectivity index (χ0) is 58.5. The van der Waals surface area contributed by atoms with Gasteiger partial charge in [-0.2, -0.15) is 0 Å². The van der Waals surface area contributed by atoms with E-state index in [9.17, 15) is 14.4 Å². The van der Waals surface area contributed by atoms with Crippen LogP contribution in [-0.4, -0.2) is 37.2 Å². The van der Waals surface area contributed by atoms with Gasteiger partial charge in [-0.05, 0) is 128 Å². The van der Waals surface area contributed by atoms with Gasteiger partial charge in [0.25, 0.3) is 0 Å². The molecule has 0 spiro atoms. The van der Waals surface area contributed by atoms with E-state index in [4.69, 9.17) is 14.2 Å². The molecule has 0 aromatic carbocycles. The van der Waals surface area contributed by atoms with Crippen LogP contribution < -0.4 is 0 Å². The minimum Gasteiger partial charge on any atom is -0.462 e. The fourth-order valence-electron chi connectivity index (χ4n) is 9.59. The van der Waals surface area contributed by atoms with E-state index in [1.54, 1.807) is 0 Å². The maximum atomic E-state index is 12.9. The van der Waals surface area contributed by atoms with Crippen LogP contribution in [0.1, 0.15) is 329 Å². The Bertz CT molecular complexity index is 1620. The maximum Gasteiger partial charge on any atom is 0.306 e. The number of allylic oxidation sites excluding steroid dienone is 18. The molecule has 0 aromatic heterocycles. The molecule has 6 heteroatoms. The number of unbranched alkanes of at least 4 members (excludes halogenated alkanes) is 33. The molecular weight excluding hydrogens is 997 g/mol. The van der Waals surface area contributed by atoms with Gasteiger partial charge in [-0.1, -0.05) is 291 Å². The molecule has 1 unspecified atom stereocenters. The molecule has 6 nitrogen and oxygen atoms in total. The number of esters is 3. The molecule has 0 N–H and O–H groups in total. The molecule has 81 heavy (non-hydrogen) atoms. The summed E-state index contributed by atoms with van der Waals surface area (Å²) in [6.45, 7) is 6.49. The smallest absolute Gasteiger partial charge is 0.306 e. The van der Waals surface area contributed by atoms with Crippen LogP contribution in [0.3, 0.4) is 0 Å². The standard InChI is InChI=1S/C75H128O6/c1-4-7-10-13-16-19-22-25-27-28-29-30-31-32-33-34-35-36-37-38-39-40-41-42-43-44-45-46-48-50-53-56-59-62-65-68-74(77)80-71-72(70-79-73(76)67-64-61-58-55-52-49-24-21-18-15-12-9-6-3)81-75(78)69-66-63-60-57-54-51-47-26-23-20-17-14-11-8-5-2/h7,10,16-17,19-21,24-27,29-30,32-33,35-36,47,72H,4-6,8-9,11-15,18,22-23,28,31,34,37-46,48-71H2,1-3H3/b10-7-,19-16-,20-17-,24-21-,27-25-,30-29-,33-32-,36-35-,47-26-. The summed E-state index contributed by atoms with van der Waals surface area (Å²) in [4.78, 5) is 38.3. The molecule has 1 atom stereocenters. The molecule has 0 bridgehead atoms. The quantitative estimate of drug-likeness (QED) is 0.0261. The Labute approximate surface area is 501 Å². The highest BCUT2D eigenvalue weighted by molar-refractivity contribution is 5.71. The second kappa shape index (κ2) is 68.6. The monoisotopic (exact) mass is 1120 g/mol. The lowest BCUT2D eigenvalue weighted by Gasteiger charge is -2.18. The van der Waals surface area contributed by atoms with Crippen LogP contribution in [0.5, 0.6) is 0 Å². The summed E-state index contributed by atoms with van der Waals surface area (Å²) in [6, 6.07) is 0. The Hall–Kier alpha value is -3.93. The number of hydrogen-bond donors (Lipinski definition) is 0. The summed E-state index contributed by atoms with van der Waals surface area (Å²) >= 11 is 0. The summed E-state index contributed by atoms with van der Waals surface area (Å²) in [5.41, 5.74) is 0. The van der Waals surface area contributed by atoms with E-state index in [0.29, 0.717) is 19.3 Å². The maximum absolute atomic E-state index is 12.9. The summed E-state index contributed by atoms with van der Waals surface area (Å²) < 4.78 is 16.9. The van der Waals surface area contributed by atoms with Crippen LogP contribution in [0.25, 0.3) is 0 Å². The Morgan fingerprint density at radius 3 is 0.790 bits per heavy atom. The van der Waals surface area contributed by atoms with Crippen LogP contribution in [-0.2, 0) is 28.6 Å². The molecule has 0 radical (unpaired) electrons. The summed E-state index contributed by atoms with van der Waals surface area (Å²) in [6.07, 6.45) is 94.0. The Kier molecular flexibility index (Phi) is 65.2. The van der Waals surface area contributed by atoms with Crippen LogP contribution in [0.4, 0.5) is 0 Å². The molecule has 0 rings (SSSR count). The minimum absolute atomic E-state index is 0.0838. The average Bonchev–Trinajstić information content (AvgIpc) is 3.46. The second-order valence-corrected chi connectivity index (χ2v) is 22.7. The van der Waals surface area contributed by atoms with Gasteiger partial charge in [-0.3, -0.25) is 14.4 Å². The van der Waals surface area contributed by atoms with Crippen molar-refractivity contribution in [3.05, 3.63) is 109 Å². The molecule has 0 aliphatic rings. The Morgan fingerprint density at radius 2 is 0.481 bits per heavy atom. The summed E-state index contributed by atoms with van der Waals surface area (Å²) in [5, 5.41) is 0. The van der Waals surface area contributed by atoms with E-state index >= 15 is 0 Å². The summed E-state index contributed by atoms with van der Waals surface area (Å²) in [5.74, 6) is -0.896. The van der Waals surface area contributed by atoms with Crippen molar-refractivity contribution in [1.29, 1.82) is 0 Å². The molecule has 0 fully saturated rings. The highest BCUT2D eigenvalue weighted by atomic mass is 16.6. The van der Waals surface area contributed by atoms with Crippen molar-refractivity contribution in [2.24, 2.45) is 0 Å². The number of carbonyl (C=O) groups excluding carboxylic acids is 3. The number of carbonyl (C=O) groups is 3. The fraction of sp³-hybridized carbons (Fsp3) is 0.720. The molecule has 0 saturated carbocycles. The van der Waals surface area contributed by atoms with Gasteiger partial charge >= 0.3 is 17.9 Å². The Balaban J connectivity index is 4.15. The first kappa shape index (κ1) is 77.1. The van der Waals surface area contributed by atoms with Crippen molar-refractivity contribution < 1.29 is 28.6 Å². The van der Waals surface area contributed by atoms with E-state index in [2.05, 4.69) is 130 Å². The van der Waals surface area contributed by atoms with Crippen LogP contribution in [0, 0.1) is 0 Å². The van der Waals surface area contributed by atoms with Gasteiger partial charge in [0.05, 0.1) is 0 Å². The average molecular weight is 1130 g/mol. The number of ether oxygens (including phenoxy) is 3. The highest BCUT2D eigenvalue weighted by Gasteiger charge is 2.19. The first-order valence-electron chi connectivity index (χ1n) is 34.4. The van der Waals surface area contributed by atoms with Gasteiger partial charge < -0.3 is 14.2 Å². The van der Waals surface area contributed by atoms with Gasteiger partial charge in [0.1, 0.15) is 13.2 Å². The van der Waals surface area contributed by atoms with E-state index in [1.807, 2.05) is 0 Å². The lowest BCUT2D eigenvalue weighted by Crippen LogP contribution is -2.30. The van der Waals surface area contributed by atoms with Crippen LogP contribution in [0.2, 0.25) is 0 Å². The number of hydrogen-bond acceptors (Lipinski definition) is 6. The van der Waals surface area contributed by atoms with E-state index in [0.717, 1.165) is 128 Å². The van der Waals surface area contributed by atoms with Crippen molar-refractivity contribution in [3.8, 4) is 0 Å². The third-order valence-electron chi connectivity index (χ3n) is 14.7. The third-order valence-corrected chi connectivity index (χ3v) is 14.7. The molecule has 0 aromatic rings. The topological polar surface area (TPSA) is 78.9 Å². The van der Waals surface area contributed by atoms with Gasteiger partial charge in [0, 0.05) is 19.3 Å². The first-order valence-corrected chi connectivity index (χ1v) is 34.4. The molecule has 0 heterocycles. The number of rotatable bonds is 62. The van der Waals surface area contributed by atoms with Gasteiger partial charge in [-0.15, -0.1) is 0 Å². The molecule has 0 aliphatic heterocycles. The largest absolute Gasteiger partial charge is 0.462 e. The van der Waals surface area contributed by atoms with Crippen molar-refractivity contribution in [1.82, 2.24) is 0 Å². The SMILES string of the molecule is CC/C=C\C/C=C\C/C=C\C/C=C\C/C=C\C/C=C\CCCCCCCCCCCCCCCCCCC(=O)OCC(COC(=O)CCCCCCC/C=C\CCCCCC)OC(=O)CCCCCCC/C=C\C/C=C\CCCCC. The van der Waals surface area contributed by atoms with E-state index in [1.165, 1.54) is 161 Å². The normalized spacial score (nSPS) is 12.8. The molecule has 0 saturated heterocycles. The molecule has 0 amide bonds. The fourth-order valence-corrected chi connectivity index (χ4v) is 9.59. The minimum atomic E-state index is -0.788. The van der Waals surface area contributed by atoms with Gasteiger partial charge in [0.2, 0.25) is 0 Å². The lowest BCUT2D eigenvalue weighted by atomic mass is 10.0. The van der Waals surface area contributed by atoms with Gasteiger partial charge in [0.15, 0.2) is 6.10 Å². The highest BCUT2D eigenvalue weighted by Crippen LogP contribution is 2.17. The lowest BCUT2D eigenvalue weighted by molar-refractivity contribution is -0.167. The van der Waals surface area contributed by atoms with Crippen molar-refractivity contribution in [3.63, 3.8) is 0 Å². The van der Waals surface area contributed by atoms with Crippen molar-refractivity contribution in [2.45, 2.75) is 335 Å². The van der Waals surface area contributed by atoms with E-state index < -0.39 is 6.10 Å². The van der Waals surface area contributed by atoms with E-state index in [-0.39, 0.29) is 31.1 Å². The summed E-state index contributed by atoms with van der Waals surface area (Å²) in [7, 11) is 0. The predicted octanol–water partition coefficient (Wildman–Crippen LogP) is 23.8.